The molecule has 0 spiro atoms. The topological polar surface area (TPSA) is 38.3 Å². The third-order valence-electron chi connectivity index (χ3n) is 2.90. The average Bonchev–Trinajstić information content (AvgIpc) is 2.46. The Kier molecular flexibility index (Phi) is 4.18. The molecular weight excluding hydrogens is 238 g/mol. The summed E-state index contributed by atoms with van der Waals surface area (Å²) in [6.07, 6.45) is 0. The van der Waals surface area contributed by atoms with Crippen LogP contribution < -0.4 is 10.1 Å². The maximum Gasteiger partial charge on any atom is 0.181 e. The van der Waals surface area contributed by atoms with Gasteiger partial charge >= 0.3 is 0 Å². The van der Waals surface area contributed by atoms with Gasteiger partial charge in [-0.05, 0) is 31.2 Å². The summed E-state index contributed by atoms with van der Waals surface area (Å²) in [4.78, 5) is 12.0. The summed E-state index contributed by atoms with van der Waals surface area (Å²) in [7, 11) is 1.59. The number of carbonyl (C=O) groups is 1. The predicted octanol–water partition coefficient (Wildman–Crippen LogP) is 3.30. The Labute approximate surface area is 113 Å². The highest BCUT2D eigenvalue weighted by atomic mass is 16.5. The van der Waals surface area contributed by atoms with Crippen molar-refractivity contribution in [3.63, 3.8) is 0 Å². The molecule has 19 heavy (non-hydrogen) atoms. The zero-order valence-corrected chi connectivity index (χ0v) is 11.1. The fraction of sp³-hybridized carbons (Fsp3) is 0.188. The molecule has 0 atom stereocenters. The molecule has 0 saturated heterocycles. The average molecular weight is 255 g/mol. The summed E-state index contributed by atoms with van der Waals surface area (Å²) in [5, 5.41) is 3.12. The minimum absolute atomic E-state index is 0.0412. The number of ether oxygens (including phenoxy) is 1. The molecule has 0 aromatic heterocycles. The molecular formula is C16H17NO2. The van der Waals surface area contributed by atoms with E-state index >= 15 is 0 Å². The van der Waals surface area contributed by atoms with E-state index in [4.69, 9.17) is 4.74 Å². The van der Waals surface area contributed by atoms with Crippen LogP contribution in [0.15, 0.2) is 48.5 Å². The first-order chi connectivity index (χ1) is 9.19. The monoisotopic (exact) mass is 255 g/mol. The number of carbonyl (C=O) groups excluding carboxylic acids is 1. The second-order valence-corrected chi connectivity index (χ2v) is 4.37. The molecule has 98 valence electrons. The minimum atomic E-state index is 0.0412. The van der Waals surface area contributed by atoms with Gasteiger partial charge in [-0.15, -0.1) is 0 Å². The van der Waals surface area contributed by atoms with Crippen LogP contribution in [-0.2, 0) is 0 Å². The molecule has 1 N–H and O–H groups in total. The van der Waals surface area contributed by atoms with E-state index in [1.807, 2.05) is 43.3 Å². The lowest BCUT2D eigenvalue weighted by atomic mass is 10.1. The number of anilines is 1. The van der Waals surface area contributed by atoms with Gasteiger partial charge in [0.15, 0.2) is 5.78 Å². The third kappa shape index (κ3) is 3.58. The van der Waals surface area contributed by atoms with Crippen LogP contribution in [0.5, 0.6) is 5.75 Å². The Hall–Kier alpha value is -2.29. The van der Waals surface area contributed by atoms with Gasteiger partial charge in [0.25, 0.3) is 0 Å². The number of methoxy groups -OCH3 is 1. The van der Waals surface area contributed by atoms with Gasteiger partial charge in [0.2, 0.25) is 0 Å². The number of nitrogens with one attached hydrogen (secondary N) is 1. The summed E-state index contributed by atoms with van der Waals surface area (Å²) in [6, 6.07) is 15.1. The fourth-order valence-electron chi connectivity index (χ4n) is 1.75. The van der Waals surface area contributed by atoms with Crippen LogP contribution in [0.3, 0.4) is 0 Å². The van der Waals surface area contributed by atoms with Crippen LogP contribution in [0.25, 0.3) is 0 Å². The lowest BCUT2D eigenvalue weighted by Crippen LogP contribution is -2.13. The first-order valence-corrected chi connectivity index (χ1v) is 6.17. The normalized spacial score (nSPS) is 10.0. The highest BCUT2D eigenvalue weighted by molar-refractivity contribution is 5.99. The van der Waals surface area contributed by atoms with Crippen molar-refractivity contribution in [2.24, 2.45) is 0 Å². The second kappa shape index (κ2) is 6.05. The molecule has 2 rings (SSSR count). The van der Waals surface area contributed by atoms with Gasteiger partial charge in [-0.3, -0.25) is 4.79 Å². The van der Waals surface area contributed by atoms with Crippen LogP contribution in [0.1, 0.15) is 15.9 Å². The van der Waals surface area contributed by atoms with Gasteiger partial charge in [-0.25, -0.2) is 0 Å². The van der Waals surface area contributed by atoms with Crippen molar-refractivity contribution in [1.82, 2.24) is 0 Å². The molecule has 2 aromatic carbocycles. The van der Waals surface area contributed by atoms with Crippen molar-refractivity contribution >= 4 is 11.5 Å². The molecule has 0 amide bonds. The van der Waals surface area contributed by atoms with E-state index in [1.54, 1.807) is 19.2 Å². The van der Waals surface area contributed by atoms with Crippen molar-refractivity contribution in [2.45, 2.75) is 6.92 Å². The SMILES string of the molecule is COc1cccc(C(=O)CNc2ccc(C)cc2)c1. The quantitative estimate of drug-likeness (QED) is 0.833. The Bertz CT molecular complexity index is 561. The summed E-state index contributed by atoms with van der Waals surface area (Å²) in [5.41, 5.74) is 2.80. The molecule has 0 unspecified atom stereocenters. The Morgan fingerprint density at radius 1 is 1.16 bits per heavy atom. The van der Waals surface area contributed by atoms with E-state index in [1.165, 1.54) is 5.56 Å². The van der Waals surface area contributed by atoms with Gasteiger partial charge in [0.05, 0.1) is 13.7 Å². The van der Waals surface area contributed by atoms with E-state index in [-0.39, 0.29) is 12.3 Å². The molecule has 3 heteroatoms. The summed E-state index contributed by atoms with van der Waals surface area (Å²) in [5.74, 6) is 0.737. The van der Waals surface area contributed by atoms with Gasteiger partial charge < -0.3 is 10.1 Å². The number of aryl methyl sites for hydroxylation is 1. The van der Waals surface area contributed by atoms with Crippen molar-refractivity contribution in [2.75, 3.05) is 19.0 Å². The van der Waals surface area contributed by atoms with Gasteiger partial charge in [0, 0.05) is 11.3 Å². The zero-order chi connectivity index (χ0) is 13.7. The molecule has 0 bridgehead atoms. The van der Waals surface area contributed by atoms with Crippen molar-refractivity contribution in [3.05, 3.63) is 59.7 Å². The number of Topliss-reactive ketones (excluding diaryl/α,β-unsaturated/α-hetero) is 1. The first kappa shape index (κ1) is 13.1. The summed E-state index contributed by atoms with van der Waals surface area (Å²) < 4.78 is 5.11. The molecule has 3 nitrogen and oxygen atoms in total. The van der Waals surface area contributed by atoms with E-state index in [9.17, 15) is 4.79 Å². The van der Waals surface area contributed by atoms with Crippen LogP contribution in [0, 0.1) is 6.92 Å². The lowest BCUT2D eigenvalue weighted by molar-refractivity contribution is 0.101. The van der Waals surface area contributed by atoms with Crippen molar-refractivity contribution < 1.29 is 9.53 Å². The minimum Gasteiger partial charge on any atom is -0.497 e. The zero-order valence-electron chi connectivity index (χ0n) is 11.1. The number of hydrogen-bond donors (Lipinski definition) is 1. The van der Waals surface area contributed by atoms with Crippen LogP contribution in [-0.4, -0.2) is 19.4 Å². The molecule has 0 aliphatic heterocycles. The molecule has 2 aromatic rings. The number of rotatable bonds is 5. The van der Waals surface area contributed by atoms with Crippen LogP contribution in [0.2, 0.25) is 0 Å². The maximum absolute atomic E-state index is 12.0. The number of ketones is 1. The molecule has 0 fully saturated rings. The van der Waals surface area contributed by atoms with Gasteiger partial charge in [-0.1, -0.05) is 29.8 Å². The van der Waals surface area contributed by atoms with E-state index < -0.39 is 0 Å². The first-order valence-electron chi connectivity index (χ1n) is 6.17. The van der Waals surface area contributed by atoms with E-state index in [2.05, 4.69) is 5.32 Å². The number of benzene rings is 2. The fourth-order valence-corrected chi connectivity index (χ4v) is 1.75. The Morgan fingerprint density at radius 3 is 2.58 bits per heavy atom. The van der Waals surface area contributed by atoms with Crippen molar-refractivity contribution in [3.8, 4) is 5.75 Å². The lowest BCUT2D eigenvalue weighted by Gasteiger charge is -2.07. The standard InChI is InChI=1S/C16H17NO2/c1-12-6-8-14(9-7-12)17-11-16(18)13-4-3-5-15(10-13)19-2/h3-10,17H,11H2,1-2H3. The predicted molar refractivity (Wildman–Crippen MR) is 77.0 cm³/mol. The largest absolute Gasteiger partial charge is 0.497 e. The van der Waals surface area contributed by atoms with Gasteiger partial charge in [0.1, 0.15) is 5.75 Å². The highest BCUT2D eigenvalue weighted by Gasteiger charge is 2.06. The molecule has 0 radical (unpaired) electrons. The van der Waals surface area contributed by atoms with E-state index in [0.29, 0.717) is 11.3 Å². The smallest absolute Gasteiger partial charge is 0.181 e. The second-order valence-electron chi connectivity index (χ2n) is 4.37. The van der Waals surface area contributed by atoms with Crippen molar-refractivity contribution in [1.29, 1.82) is 0 Å². The van der Waals surface area contributed by atoms with Crippen LogP contribution in [0.4, 0.5) is 5.69 Å². The highest BCUT2D eigenvalue weighted by Crippen LogP contribution is 2.14. The van der Waals surface area contributed by atoms with E-state index in [0.717, 1.165) is 5.69 Å². The molecule has 0 saturated carbocycles. The Morgan fingerprint density at radius 2 is 1.89 bits per heavy atom. The Balaban J connectivity index is 1.99. The molecule has 0 aliphatic carbocycles. The molecule has 0 heterocycles. The summed E-state index contributed by atoms with van der Waals surface area (Å²) in [6.45, 7) is 2.31. The maximum atomic E-state index is 12.0. The summed E-state index contributed by atoms with van der Waals surface area (Å²) >= 11 is 0. The molecule has 0 aliphatic rings. The van der Waals surface area contributed by atoms with Crippen LogP contribution >= 0.6 is 0 Å². The third-order valence-corrected chi connectivity index (χ3v) is 2.90. The number of hydrogen-bond acceptors (Lipinski definition) is 3. The van der Waals surface area contributed by atoms with Gasteiger partial charge in [-0.2, -0.15) is 0 Å².